The second-order valence-corrected chi connectivity index (χ2v) is 4.22. The van der Waals surface area contributed by atoms with Gasteiger partial charge in [0.15, 0.2) is 0 Å². The predicted octanol–water partition coefficient (Wildman–Crippen LogP) is 2.74. The Morgan fingerprint density at radius 1 is 1.22 bits per heavy atom. The van der Waals surface area contributed by atoms with Crippen molar-refractivity contribution in [1.29, 1.82) is 0 Å². The molecule has 0 saturated heterocycles. The molecule has 1 heterocycles. The molecule has 3 nitrogen and oxygen atoms in total. The molecule has 2 aromatic rings. The van der Waals surface area contributed by atoms with Crippen LogP contribution in [0.1, 0.15) is 30.4 Å². The highest BCUT2D eigenvalue weighted by Crippen LogP contribution is 2.13. The molecule has 0 aliphatic heterocycles. The lowest BCUT2D eigenvalue weighted by Crippen LogP contribution is -2.05. The number of aromatic nitrogens is 2. The summed E-state index contributed by atoms with van der Waals surface area (Å²) in [6.07, 6.45) is 2.22. The lowest BCUT2D eigenvalue weighted by Gasteiger charge is -2.06. The number of benzene rings is 1. The molecule has 0 atom stereocenters. The number of aryl methyl sites for hydroxylation is 1. The van der Waals surface area contributed by atoms with Crippen molar-refractivity contribution in [3.63, 3.8) is 0 Å². The Labute approximate surface area is 106 Å². The van der Waals surface area contributed by atoms with E-state index >= 15 is 0 Å². The van der Waals surface area contributed by atoms with Gasteiger partial charge in [-0.3, -0.25) is 0 Å². The van der Waals surface area contributed by atoms with E-state index in [1.807, 2.05) is 0 Å². The van der Waals surface area contributed by atoms with Crippen molar-refractivity contribution in [2.24, 2.45) is 0 Å². The second-order valence-electron chi connectivity index (χ2n) is 4.22. The number of anilines is 1. The van der Waals surface area contributed by atoms with E-state index in [1.54, 1.807) is 24.3 Å². The Balaban J connectivity index is 2.26. The molecule has 18 heavy (non-hydrogen) atoms. The SMILES string of the molecule is CCCc1cc(N)nc(Cc2ccccc2F)n1. The van der Waals surface area contributed by atoms with Crippen LogP contribution >= 0.6 is 0 Å². The number of nitrogens with two attached hydrogens (primary N) is 1. The van der Waals surface area contributed by atoms with Crippen molar-refractivity contribution < 1.29 is 4.39 Å². The monoisotopic (exact) mass is 245 g/mol. The fraction of sp³-hybridized carbons (Fsp3) is 0.286. The number of hydrogen-bond donors (Lipinski definition) is 1. The third-order valence-corrected chi connectivity index (χ3v) is 2.66. The average molecular weight is 245 g/mol. The van der Waals surface area contributed by atoms with Crippen LogP contribution in [0.5, 0.6) is 0 Å². The van der Waals surface area contributed by atoms with E-state index in [0.29, 0.717) is 23.6 Å². The van der Waals surface area contributed by atoms with Crippen LogP contribution in [-0.2, 0) is 12.8 Å². The molecule has 1 aromatic carbocycles. The molecule has 2 rings (SSSR count). The Bertz CT molecular complexity index is 540. The molecule has 0 fully saturated rings. The number of hydrogen-bond acceptors (Lipinski definition) is 3. The van der Waals surface area contributed by atoms with Crippen LogP contribution in [0.4, 0.5) is 10.2 Å². The first-order valence-electron chi connectivity index (χ1n) is 6.04. The fourth-order valence-corrected chi connectivity index (χ4v) is 1.85. The first-order chi connectivity index (χ1) is 8.69. The van der Waals surface area contributed by atoms with Crippen molar-refractivity contribution in [3.05, 3.63) is 53.2 Å². The van der Waals surface area contributed by atoms with Crippen molar-refractivity contribution in [3.8, 4) is 0 Å². The molecule has 0 radical (unpaired) electrons. The van der Waals surface area contributed by atoms with E-state index in [2.05, 4.69) is 16.9 Å². The summed E-state index contributed by atoms with van der Waals surface area (Å²) in [7, 11) is 0. The minimum Gasteiger partial charge on any atom is -0.384 e. The molecular weight excluding hydrogens is 229 g/mol. The van der Waals surface area contributed by atoms with Gasteiger partial charge >= 0.3 is 0 Å². The first kappa shape index (κ1) is 12.5. The van der Waals surface area contributed by atoms with E-state index in [0.717, 1.165) is 18.5 Å². The van der Waals surface area contributed by atoms with Crippen LogP contribution in [0.3, 0.4) is 0 Å². The summed E-state index contributed by atoms with van der Waals surface area (Å²) < 4.78 is 13.5. The number of rotatable bonds is 4. The van der Waals surface area contributed by atoms with Gasteiger partial charge in [0.1, 0.15) is 17.5 Å². The lowest BCUT2D eigenvalue weighted by molar-refractivity contribution is 0.612. The number of nitrogen functional groups attached to an aromatic ring is 1. The van der Waals surface area contributed by atoms with E-state index in [4.69, 9.17) is 5.73 Å². The standard InChI is InChI=1S/C14H16FN3/c1-2-5-11-9-13(16)18-14(17-11)8-10-6-3-4-7-12(10)15/h3-4,6-7,9H,2,5,8H2,1H3,(H2,16,17,18). The van der Waals surface area contributed by atoms with Crippen LogP contribution in [0.25, 0.3) is 0 Å². The summed E-state index contributed by atoms with van der Waals surface area (Å²) in [5.74, 6) is 0.781. The average Bonchev–Trinajstić information content (AvgIpc) is 2.32. The van der Waals surface area contributed by atoms with Crippen LogP contribution in [0.15, 0.2) is 30.3 Å². The summed E-state index contributed by atoms with van der Waals surface area (Å²) in [4.78, 5) is 8.55. The predicted molar refractivity (Wildman–Crippen MR) is 69.6 cm³/mol. The highest BCUT2D eigenvalue weighted by atomic mass is 19.1. The first-order valence-corrected chi connectivity index (χ1v) is 6.04. The largest absolute Gasteiger partial charge is 0.384 e. The van der Waals surface area contributed by atoms with Gasteiger partial charge in [-0.1, -0.05) is 31.5 Å². The highest BCUT2D eigenvalue weighted by molar-refractivity contribution is 5.31. The molecule has 94 valence electrons. The van der Waals surface area contributed by atoms with E-state index in [-0.39, 0.29) is 5.82 Å². The zero-order valence-electron chi connectivity index (χ0n) is 10.4. The van der Waals surface area contributed by atoms with Gasteiger partial charge in [-0.05, 0) is 18.1 Å². The van der Waals surface area contributed by atoms with Crippen LogP contribution in [0, 0.1) is 5.82 Å². The molecular formula is C14H16FN3. The van der Waals surface area contributed by atoms with Gasteiger partial charge in [0.05, 0.1) is 0 Å². The molecule has 1 aromatic heterocycles. The number of nitrogens with zero attached hydrogens (tertiary/aromatic N) is 2. The topological polar surface area (TPSA) is 51.8 Å². The molecule has 0 unspecified atom stereocenters. The maximum absolute atomic E-state index is 13.5. The fourth-order valence-electron chi connectivity index (χ4n) is 1.85. The summed E-state index contributed by atoms with van der Waals surface area (Å²) in [5, 5.41) is 0. The molecule has 0 spiro atoms. The van der Waals surface area contributed by atoms with Gasteiger partial charge in [-0.25, -0.2) is 14.4 Å². The lowest BCUT2D eigenvalue weighted by atomic mass is 10.1. The Morgan fingerprint density at radius 2 is 2.00 bits per heavy atom. The Kier molecular flexibility index (Phi) is 3.87. The molecule has 0 bridgehead atoms. The van der Waals surface area contributed by atoms with Crippen LogP contribution in [-0.4, -0.2) is 9.97 Å². The second kappa shape index (κ2) is 5.58. The molecule has 0 saturated carbocycles. The molecule has 2 N–H and O–H groups in total. The normalized spacial score (nSPS) is 10.6. The summed E-state index contributed by atoms with van der Waals surface area (Å²) in [5.41, 5.74) is 7.24. The summed E-state index contributed by atoms with van der Waals surface area (Å²) >= 11 is 0. The summed E-state index contributed by atoms with van der Waals surface area (Å²) in [6.45, 7) is 2.08. The van der Waals surface area contributed by atoms with Crippen molar-refractivity contribution in [2.75, 3.05) is 5.73 Å². The molecule has 0 aliphatic carbocycles. The smallest absolute Gasteiger partial charge is 0.135 e. The van der Waals surface area contributed by atoms with Gasteiger partial charge in [-0.15, -0.1) is 0 Å². The van der Waals surface area contributed by atoms with Gasteiger partial charge in [-0.2, -0.15) is 0 Å². The van der Waals surface area contributed by atoms with Gasteiger partial charge in [0.25, 0.3) is 0 Å². The van der Waals surface area contributed by atoms with Crippen LogP contribution in [0.2, 0.25) is 0 Å². The van der Waals surface area contributed by atoms with Gasteiger partial charge in [0.2, 0.25) is 0 Å². The van der Waals surface area contributed by atoms with Gasteiger partial charge in [0, 0.05) is 18.2 Å². The summed E-state index contributed by atoms with van der Waals surface area (Å²) in [6, 6.07) is 8.42. The molecule has 0 aliphatic rings. The van der Waals surface area contributed by atoms with E-state index < -0.39 is 0 Å². The Morgan fingerprint density at radius 3 is 2.72 bits per heavy atom. The van der Waals surface area contributed by atoms with E-state index in [9.17, 15) is 4.39 Å². The maximum Gasteiger partial charge on any atom is 0.135 e. The highest BCUT2D eigenvalue weighted by Gasteiger charge is 2.07. The third-order valence-electron chi connectivity index (χ3n) is 2.66. The zero-order valence-corrected chi connectivity index (χ0v) is 10.4. The number of halogens is 1. The molecule has 4 heteroatoms. The van der Waals surface area contributed by atoms with E-state index in [1.165, 1.54) is 6.07 Å². The maximum atomic E-state index is 13.5. The van der Waals surface area contributed by atoms with Crippen molar-refractivity contribution >= 4 is 5.82 Å². The zero-order chi connectivity index (χ0) is 13.0. The van der Waals surface area contributed by atoms with Crippen LogP contribution < -0.4 is 5.73 Å². The van der Waals surface area contributed by atoms with Crippen molar-refractivity contribution in [2.45, 2.75) is 26.2 Å². The Hall–Kier alpha value is -1.97. The quantitative estimate of drug-likeness (QED) is 0.901. The molecule has 0 amide bonds. The van der Waals surface area contributed by atoms with Gasteiger partial charge < -0.3 is 5.73 Å². The third kappa shape index (κ3) is 3.03. The minimum atomic E-state index is -0.236. The van der Waals surface area contributed by atoms with Crippen molar-refractivity contribution in [1.82, 2.24) is 9.97 Å². The minimum absolute atomic E-state index is 0.236.